The van der Waals surface area contributed by atoms with Gasteiger partial charge >= 0.3 is 11.9 Å². The van der Waals surface area contributed by atoms with E-state index in [1.807, 2.05) is 6.07 Å². The van der Waals surface area contributed by atoms with Gasteiger partial charge in [0.15, 0.2) is 5.78 Å². The average Bonchev–Trinajstić information content (AvgIpc) is 2.70. The molecule has 142 valence electrons. The van der Waals surface area contributed by atoms with E-state index in [9.17, 15) is 14.4 Å². The van der Waals surface area contributed by atoms with Gasteiger partial charge in [-0.3, -0.25) is 14.4 Å². The number of rotatable bonds is 9. The summed E-state index contributed by atoms with van der Waals surface area (Å²) in [4.78, 5) is 35.6. The van der Waals surface area contributed by atoms with Crippen molar-refractivity contribution in [1.82, 2.24) is 0 Å². The van der Waals surface area contributed by atoms with Crippen molar-refractivity contribution in [2.75, 3.05) is 6.54 Å². The maximum absolute atomic E-state index is 12.6. The Labute approximate surface area is 158 Å². The maximum atomic E-state index is 12.6. The third-order valence-corrected chi connectivity index (χ3v) is 4.26. The van der Waals surface area contributed by atoms with E-state index < -0.39 is 24.0 Å². The first kappa shape index (κ1) is 20.3. The smallest absolute Gasteiger partial charge is 0.313 e. The fraction of sp³-hybridized carbons (Fsp3) is 0.286. The van der Waals surface area contributed by atoms with Crippen LogP contribution in [0.3, 0.4) is 0 Å². The number of ketones is 1. The Balaban J connectivity index is 2.09. The Bertz CT molecular complexity index is 803. The van der Waals surface area contributed by atoms with Crippen molar-refractivity contribution in [3.05, 3.63) is 71.3 Å². The molecule has 0 radical (unpaired) electrons. The minimum absolute atomic E-state index is 0.0538. The van der Waals surface area contributed by atoms with Crippen LogP contribution < -0.4 is 5.73 Å². The fourth-order valence-corrected chi connectivity index (χ4v) is 2.62. The Kier molecular flexibility index (Phi) is 7.25. The lowest BCUT2D eigenvalue weighted by molar-refractivity contribution is -0.152. The monoisotopic (exact) mass is 369 g/mol. The van der Waals surface area contributed by atoms with Crippen LogP contribution in [-0.2, 0) is 14.3 Å². The Morgan fingerprint density at radius 3 is 2.33 bits per heavy atom. The zero-order valence-corrected chi connectivity index (χ0v) is 15.1. The molecule has 0 unspecified atom stereocenters. The van der Waals surface area contributed by atoms with Crippen LogP contribution in [-0.4, -0.2) is 35.5 Å². The van der Waals surface area contributed by atoms with Crippen molar-refractivity contribution >= 4 is 17.7 Å². The number of carboxylic acid groups (broad SMARTS) is 1. The van der Waals surface area contributed by atoms with Crippen molar-refractivity contribution in [1.29, 1.82) is 0 Å². The molecule has 2 rings (SSSR count). The molecule has 0 amide bonds. The number of carbonyl (C=O) groups excluding carboxylic acids is 2. The standard InChI is InChI=1S/C21H23NO5/c1-14(21(26)27-18(13-22)10-11-19(23)24)16-8-5-9-17(12-16)20(25)15-6-3-2-4-7-15/h2-9,12,14,18H,10-11,13,22H2,1H3,(H,23,24)/t14-,18-/m1/s1. The summed E-state index contributed by atoms with van der Waals surface area (Å²) in [5.74, 6) is -2.20. The summed E-state index contributed by atoms with van der Waals surface area (Å²) in [6, 6.07) is 15.7. The van der Waals surface area contributed by atoms with Gasteiger partial charge in [0.2, 0.25) is 0 Å². The van der Waals surface area contributed by atoms with E-state index in [0.29, 0.717) is 16.7 Å². The number of aliphatic carboxylic acids is 1. The van der Waals surface area contributed by atoms with Gasteiger partial charge in [0, 0.05) is 24.1 Å². The molecule has 2 aromatic carbocycles. The zero-order valence-electron chi connectivity index (χ0n) is 15.1. The quantitative estimate of drug-likeness (QED) is 0.520. The summed E-state index contributed by atoms with van der Waals surface area (Å²) < 4.78 is 5.34. The molecule has 0 fully saturated rings. The highest BCUT2D eigenvalue weighted by Crippen LogP contribution is 2.21. The molecule has 0 heterocycles. The number of hydrogen-bond donors (Lipinski definition) is 2. The first-order valence-electron chi connectivity index (χ1n) is 8.74. The molecule has 0 aliphatic rings. The van der Waals surface area contributed by atoms with Gasteiger partial charge in [-0.25, -0.2) is 0 Å². The molecule has 2 aromatic rings. The lowest BCUT2D eigenvalue weighted by atomic mass is 9.95. The van der Waals surface area contributed by atoms with Crippen molar-refractivity contribution in [3.63, 3.8) is 0 Å². The molecule has 0 aromatic heterocycles. The van der Waals surface area contributed by atoms with E-state index in [4.69, 9.17) is 15.6 Å². The van der Waals surface area contributed by atoms with E-state index in [1.54, 1.807) is 55.5 Å². The topological polar surface area (TPSA) is 107 Å². The third kappa shape index (κ3) is 5.76. The molecule has 0 saturated carbocycles. The predicted octanol–water partition coefficient (Wildman–Crippen LogP) is 2.76. The predicted molar refractivity (Wildman–Crippen MR) is 101 cm³/mol. The number of hydrogen-bond acceptors (Lipinski definition) is 5. The largest absolute Gasteiger partial charge is 0.481 e. The van der Waals surface area contributed by atoms with Gasteiger partial charge in [-0.15, -0.1) is 0 Å². The lowest BCUT2D eigenvalue weighted by Gasteiger charge is -2.19. The fourth-order valence-electron chi connectivity index (χ4n) is 2.62. The summed E-state index contributed by atoms with van der Waals surface area (Å²) in [6.45, 7) is 1.73. The van der Waals surface area contributed by atoms with Crippen LogP contribution in [0.25, 0.3) is 0 Å². The SMILES string of the molecule is C[C@@H](C(=O)O[C@@H](CN)CCC(=O)O)c1cccc(C(=O)c2ccccc2)c1. The molecule has 6 nitrogen and oxygen atoms in total. The van der Waals surface area contributed by atoms with Crippen LogP contribution in [0.1, 0.15) is 47.2 Å². The Morgan fingerprint density at radius 2 is 1.70 bits per heavy atom. The second kappa shape index (κ2) is 9.64. The van der Waals surface area contributed by atoms with Gasteiger partial charge in [0.1, 0.15) is 6.10 Å². The minimum atomic E-state index is -0.968. The Morgan fingerprint density at radius 1 is 1.04 bits per heavy atom. The highest BCUT2D eigenvalue weighted by atomic mass is 16.5. The average molecular weight is 369 g/mol. The Hall–Kier alpha value is -2.99. The van der Waals surface area contributed by atoms with Crippen molar-refractivity contribution in [2.24, 2.45) is 5.73 Å². The van der Waals surface area contributed by atoms with E-state index in [0.717, 1.165) is 0 Å². The lowest BCUT2D eigenvalue weighted by Crippen LogP contribution is -2.29. The van der Waals surface area contributed by atoms with Gasteiger partial charge in [-0.2, -0.15) is 0 Å². The first-order valence-corrected chi connectivity index (χ1v) is 8.74. The minimum Gasteiger partial charge on any atom is -0.481 e. The zero-order chi connectivity index (χ0) is 19.8. The van der Waals surface area contributed by atoms with Crippen LogP contribution in [0.2, 0.25) is 0 Å². The molecule has 27 heavy (non-hydrogen) atoms. The number of ether oxygens (including phenoxy) is 1. The third-order valence-electron chi connectivity index (χ3n) is 4.26. The second-order valence-corrected chi connectivity index (χ2v) is 6.27. The van der Waals surface area contributed by atoms with E-state index >= 15 is 0 Å². The van der Waals surface area contributed by atoms with Gasteiger partial charge < -0.3 is 15.6 Å². The molecule has 0 bridgehead atoms. The van der Waals surface area contributed by atoms with E-state index in [-0.39, 0.29) is 25.2 Å². The summed E-state index contributed by atoms with van der Waals surface area (Å²) in [6.07, 6.45) is -0.605. The summed E-state index contributed by atoms with van der Waals surface area (Å²) in [7, 11) is 0. The number of nitrogens with two attached hydrogens (primary N) is 1. The van der Waals surface area contributed by atoms with Gasteiger partial charge in [0.05, 0.1) is 5.92 Å². The van der Waals surface area contributed by atoms with Gasteiger partial charge in [0.25, 0.3) is 0 Å². The van der Waals surface area contributed by atoms with Crippen molar-refractivity contribution < 1.29 is 24.2 Å². The number of benzene rings is 2. The van der Waals surface area contributed by atoms with Crippen LogP contribution in [0, 0.1) is 0 Å². The summed E-state index contributed by atoms with van der Waals surface area (Å²) >= 11 is 0. The number of carbonyl (C=O) groups is 3. The van der Waals surface area contributed by atoms with E-state index in [2.05, 4.69) is 0 Å². The number of esters is 1. The molecule has 6 heteroatoms. The molecule has 3 N–H and O–H groups in total. The van der Waals surface area contributed by atoms with Gasteiger partial charge in [-0.1, -0.05) is 48.5 Å². The van der Waals surface area contributed by atoms with Crippen molar-refractivity contribution in [3.8, 4) is 0 Å². The second-order valence-electron chi connectivity index (χ2n) is 6.27. The highest BCUT2D eigenvalue weighted by Gasteiger charge is 2.22. The molecular weight excluding hydrogens is 346 g/mol. The van der Waals surface area contributed by atoms with Gasteiger partial charge in [-0.05, 0) is 25.0 Å². The molecule has 0 aliphatic carbocycles. The van der Waals surface area contributed by atoms with Crippen LogP contribution in [0.15, 0.2) is 54.6 Å². The normalized spacial score (nSPS) is 12.8. The van der Waals surface area contributed by atoms with Crippen LogP contribution >= 0.6 is 0 Å². The summed E-state index contributed by atoms with van der Waals surface area (Å²) in [5.41, 5.74) is 7.27. The first-order chi connectivity index (χ1) is 12.9. The summed E-state index contributed by atoms with van der Waals surface area (Å²) in [5, 5.41) is 8.74. The molecule has 0 saturated heterocycles. The maximum Gasteiger partial charge on any atom is 0.313 e. The van der Waals surface area contributed by atoms with E-state index in [1.165, 1.54) is 0 Å². The highest BCUT2D eigenvalue weighted by molar-refractivity contribution is 6.09. The van der Waals surface area contributed by atoms with Crippen LogP contribution in [0.4, 0.5) is 0 Å². The van der Waals surface area contributed by atoms with Crippen molar-refractivity contribution in [2.45, 2.75) is 31.8 Å². The molecular formula is C21H23NO5. The van der Waals surface area contributed by atoms with Crippen LogP contribution in [0.5, 0.6) is 0 Å². The molecule has 0 aliphatic heterocycles. The molecule has 0 spiro atoms. The number of carboxylic acids is 1. The molecule has 2 atom stereocenters.